The van der Waals surface area contributed by atoms with Crippen LogP contribution in [0.4, 0.5) is 0 Å². The highest BCUT2D eigenvalue weighted by molar-refractivity contribution is 7.98. The highest BCUT2D eigenvalue weighted by atomic mass is 35.5. The third-order valence-corrected chi connectivity index (χ3v) is 4.92. The van der Waals surface area contributed by atoms with Crippen LogP contribution in [0.2, 0.25) is 4.34 Å². The number of carbonyl (C=O) groups is 2. The maximum Gasteiger partial charge on any atom is 0.289 e. The maximum atomic E-state index is 12.7. The molecule has 0 unspecified atom stereocenters. The number of thiophene rings is 1. The van der Waals surface area contributed by atoms with Crippen molar-refractivity contribution in [1.82, 2.24) is 10.2 Å². The lowest BCUT2D eigenvalue weighted by Crippen LogP contribution is -2.68. The molecule has 2 rings (SSSR count). The number of amides is 2. The van der Waals surface area contributed by atoms with Crippen LogP contribution in [0.1, 0.15) is 13.3 Å². The number of imide groups is 1. The molecule has 1 aromatic heterocycles. The molecule has 2 amide bonds. The number of nitrogens with one attached hydrogen (secondary N) is 1. The van der Waals surface area contributed by atoms with E-state index in [-0.39, 0.29) is 11.8 Å². The zero-order valence-electron chi connectivity index (χ0n) is 11.8. The first-order chi connectivity index (χ1) is 9.98. The lowest BCUT2D eigenvalue weighted by atomic mass is 10.1. The van der Waals surface area contributed by atoms with Crippen molar-refractivity contribution in [3.8, 4) is 5.06 Å². The van der Waals surface area contributed by atoms with Crippen LogP contribution in [0.15, 0.2) is 12.1 Å². The minimum absolute atomic E-state index is 0.261. The largest absolute Gasteiger partial charge is 0.454 e. The maximum absolute atomic E-state index is 12.7. The van der Waals surface area contributed by atoms with Gasteiger partial charge in [-0.3, -0.25) is 19.8 Å². The van der Waals surface area contributed by atoms with E-state index in [9.17, 15) is 9.59 Å². The van der Waals surface area contributed by atoms with Gasteiger partial charge in [-0.25, -0.2) is 0 Å². The van der Waals surface area contributed by atoms with Gasteiger partial charge in [0.2, 0.25) is 11.6 Å². The molecule has 2 heterocycles. The second-order valence-electron chi connectivity index (χ2n) is 4.63. The predicted octanol–water partition coefficient (Wildman–Crippen LogP) is 2.21. The lowest BCUT2D eigenvalue weighted by Gasteiger charge is -2.40. The van der Waals surface area contributed by atoms with Crippen molar-refractivity contribution in [2.24, 2.45) is 0 Å². The van der Waals surface area contributed by atoms with Gasteiger partial charge >= 0.3 is 0 Å². The number of hydrogen-bond donors (Lipinski definition) is 1. The van der Waals surface area contributed by atoms with Crippen LogP contribution in [0.5, 0.6) is 5.06 Å². The Balaban J connectivity index is 2.26. The number of piperazine rings is 1. The molecular weight excluding hydrogens is 332 g/mol. The Labute approximate surface area is 137 Å². The Morgan fingerprint density at radius 3 is 2.95 bits per heavy atom. The van der Waals surface area contributed by atoms with Gasteiger partial charge in [0.05, 0.1) is 4.34 Å². The smallest absolute Gasteiger partial charge is 0.289 e. The van der Waals surface area contributed by atoms with E-state index in [0.29, 0.717) is 28.9 Å². The molecule has 1 saturated heterocycles. The quantitative estimate of drug-likeness (QED) is 0.884. The second-order valence-corrected chi connectivity index (χ2v) is 7.30. The fraction of sp³-hybridized carbons (Fsp3) is 0.538. The molecule has 0 aliphatic carbocycles. The van der Waals surface area contributed by atoms with Crippen LogP contribution in [0.25, 0.3) is 0 Å². The number of nitrogens with zero attached hydrogens (tertiary/aromatic N) is 1. The average Bonchev–Trinajstić information content (AvgIpc) is 2.84. The molecule has 1 atom stereocenters. The van der Waals surface area contributed by atoms with E-state index in [0.717, 1.165) is 5.75 Å². The zero-order valence-corrected chi connectivity index (χ0v) is 14.2. The summed E-state index contributed by atoms with van der Waals surface area (Å²) in [5.41, 5.74) is -1.19. The van der Waals surface area contributed by atoms with Crippen molar-refractivity contribution in [3.05, 3.63) is 16.5 Å². The van der Waals surface area contributed by atoms with Gasteiger partial charge in [0.25, 0.3) is 5.91 Å². The normalized spacial score (nSPS) is 22.4. The van der Waals surface area contributed by atoms with Crippen LogP contribution in [0, 0.1) is 0 Å². The number of carbonyl (C=O) groups excluding carboxylic acids is 2. The van der Waals surface area contributed by atoms with Crippen LogP contribution in [0.3, 0.4) is 0 Å². The molecule has 1 N–H and O–H groups in total. The Morgan fingerprint density at radius 1 is 1.62 bits per heavy atom. The van der Waals surface area contributed by atoms with E-state index in [2.05, 4.69) is 5.32 Å². The van der Waals surface area contributed by atoms with E-state index in [1.165, 1.54) is 23.2 Å². The molecule has 116 valence electrons. The number of halogens is 1. The van der Waals surface area contributed by atoms with Gasteiger partial charge in [0, 0.05) is 26.4 Å². The molecular formula is C13H17ClN2O3S2. The SMILES string of the molecule is CSCC[C@@]1(Oc2ccc(Cl)s2)NCCN(C(C)=O)C1=O. The highest BCUT2D eigenvalue weighted by Gasteiger charge is 2.47. The number of hydrogen-bond acceptors (Lipinski definition) is 6. The van der Waals surface area contributed by atoms with Gasteiger partial charge in [-0.15, -0.1) is 0 Å². The van der Waals surface area contributed by atoms with Gasteiger partial charge in [-0.05, 0) is 24.1 Å². The number of rotatable bonds is 5. The lowest BCUT2D eigenvalue weighted by molar-refractivity contribution is -0.162. The van der Waals surface area contributed by atoms with Crippen LogP contribution >= 0.6 is 34.7 Å². The van der Waals surface area contributed by atoms with Gasteiger partial charge in [0.15, 0.2) is 5.06 Å². The molecule has 8 heteroatoms. The van der Waals surface area contributed by atoms with Crippen molar-refractivity contribution in [2.75, 3.05) is 25.1 Å². The first-order valence-corrected chi connectivity index (χ1v) is 9.08. The van der Waals surface area contributed by atoms with Gasteiger partial charge in [-0.1, -0.05) is 22.9 Å². The van der Waals surface area contributed by atoms with E-state index < -0.39 is 5.72 Å². The van der Waals surface area contributed by atoms with Gasteiger partial charge in [-0.2, -0.15) is 11.8 Å². The second kappa shape index (κ2) is 7.00. The molecule has 1 fully saturated rings. The molecule has 1 aliphatic heterocycles. The minimum Gasteiger partial charge on any atom is -0.454 e. The van der Waals surface area contributed by atoms with Crippen molar-refractivity contribution in [2.45, 2.75) is 19.1 Å². The summed E-state index contributed by atoms with van der Waals surface area (Å²) in [4.78, 5) is 25.6. The number of ether oxygens (including phenoxy) is 1. The average molecular weight is 349 g/mol. The van der Waals surface area contributed by atoms with Crippen LogP contribution in [-0.2, 0) is 9.59 Å². The van der Waals surface area contributed by atoms with Crippen LogP contribution in [-0.4, -0.2) is 47.5 Å². The third kappa shape index (κ3) is 3.71. The molecule has 0 radical (unpaired) electrons. The Kier molecular flexibility index (Phi) is 5.54. The molecule has 1 aliphatic rings. The summed E-state index contributed by atoms with van der Waals surface area (Å²) >= 11 is 8.80. The summed E-state index contributed by atoms with van der Waals surface area (Å²) in [5, 5.41) is 3.71. The van der Waals surface area contributed by atoms with Crippen molar-refractivity contribution in [1.29, 1.82) is 0 Å². The number of thioether (sulfide) groups is 1. The van der Waals surface area contributed by atoms with Crippen molar-refractivity contribution in [3.63, 3.8) is 0 Å². The fourth-order valence-electron chi connectivity index (χ4n) is 2.16. The van der Waals surface area contributed by atoms with E-state index in [1.807, 2.05) is 6.26 Å². The summed E-state index contributed by atoms with van der Waals surface area (Å²) in [5.74, 6) is 0.145. The molecule has 0 aromatic carbocycles. The Morgan fingerprint density at radius 2 is 2.38 bits per heavy atom. The van der Waals surface area contributed by atoms with Gasteiger partial charge < -0.3 is 4.74 Å². The topological polar surface area (TPSA) is 58.6 Å². The molecule has 0 saturated carbocycles. The van der Waals surface area contributed by atoms with Crippen molar-refractivity contribution >= 4 is 46.5 Å². The van der Waals surface area contributed by atoms with E-state index >= 15 is 0 Å². The third-order valence-electron chi connectivity index (χ3n) is 3.20. The summed E-state index contributed by atoms with van der Waals surface area (Å²) in [7, 11) is 0. The van der Waals surface area contributed by atoms with Crippen molar-refractivity contribution < 1.29 is 14.3 Å². The monoisotopic (exact) mass is 348 g/mol. The fourth-order valence-corrected chi connectivity index (χ4v) is 3.59. The zero-order chi connectivity index (χ0) is 15.5. The van der Waals surface area contributed by atoms with E-state index in [4.69, 9.17) is 16.3 Å². The molecule has 1 aromatic rings. The standard InChI is InChI=1S/C13H17ClN2O3S2/c1-9(17)16-7-6-15-13(12(16)18,5-8-20-2)19-11-4-3-10(14)21-11/h3-4,15H,5-8H2,1-2H3/t13-/m0/s1. The van der Waals surface area contributed by atoms with Gasteiger partial charge in [0.1, 0.15) is 0 Å². The summed E-state index contributed by atoms with van der Waals surface area (Å²) < 4.78 is 6.52. The predicted molar refractivity (Wildman–Crippen MR) is 86.1 cm³/mol. The first kappa shape index (κ1) is 16.6. The summed E-state index contributed by atoms with van der Waals surface area (Å²) in [6.07, 6.45) is 2.44. The first-order valence-electron chi connectivity index (χ1n) is 6.49. The minimum atomic E-state index is -1.19. The molecule has 0 spiro atoms. The molecule has 5 nitrogen and oxygen atoms in total. The molecule has 21 heavy (non-hydrogen) atoms. The highest BCUT2D eigenvalue weighted by Crippen LogP contribution is 2.33. The van der Waals surface area contributed by atoms with Crippen LogP contribution < -0.4 is 10.1 Å². The Bertz CT molecular complexity index is 537. The summed E-state index contributed by atoms with van der Waals surface area (Å²) in [6.45, 7) is 2.27. The Hall–Kier alpha value is -0.760. The summed E-state index contributed by atoms with van der Waals surface area (Å²) in [6, 6.07) is 3.45. The molecule has 0 bridgehead atoms. The van der Waals surface area contributed by atoms with E-state index in [1.54, 1.807) is 23.9 Å².